The fourth-order valence-electron chi connectivity index (χ4n) is 3.25. The van der Waals surface area contributed by atoms with E-state index >= 15 is 0 Å². The van der Waals surface area contributed by atoms with Gasteiger partial charge in [-0.2, -0.15) is 0 Å². The second kappa shape index (κ2) is 5.54. The molecule has 0 amide bonds. The van der Waals surface area contributed by atoms with Crippen molar-refractivity contribution in [2.24, 2.45) is 5.92 Å². The lowest BCUT2D eigenvalue weighted by Gasteiger charge is -2.22. The predicted molar refractivity (Wildman–Crippen MR) is 79.6 cm³/mol. The molecule has 0 aromatic carbocycles. The number of aliphatic hydroxyl groups excluding tert-OH is 1. The molecule has 0 radical (unpaired) electrons. The lowest BCUT2D eigenvalue weighted by Crippen LogP contribution is -2.29. The van der Waals surface area contributed by atoms with Crippen LogP contribution in [0.1, 0.15) is 30.7 Å². The van der Waals surface area contributed by atoms with Crippen LogP contribution in [0.3, 0.4) is 0 Å². The van der Waals surface area contributed by atoms with Gasteiger partial charge in [0.25, 0.3) is 0 Å². The molecule has 2 aromatic heterocycles. The molecule has 0 bridgehead atoms. The average Bonchev–Trinajstić information content (AvgIpc) is 2.97. The SMILES string of the molecule is Cc1cccc2nc(CN(C)CC3CCCC3O)cn12. The minimum atomic E-state index is -0.110. The first-order chi connectivity index (χ1) is 9.63. The van der Waals surface area contributed by atoms with Gasteiger partial charge in [0, 0.05) is 25.0 Å². The quantitative estimate of drug-likeness (QED) is 0.928. The Balaban J connectivity index is 1.68. The monoisotopic (exact) mass is 273 g/mol. The Hall–Kier alpha value is -1.39. The molecule has 2 heterocycles. The molecule has 0 aliphatic heterocycles. The highest BCUT2D eigenvalue weighted by Gasteiger charge is 2.26. The van der Waals surface area contributed by atoms with Crippen molar-refractivity contribution in [3.8, 4) is 0 Å². The van der Waals surface area contributed by atoms with Gasteiger partial charge in [-0.05, 0) is 44.9 Å². The third kappa shape index (κ3) is 2.72. The molecule has 0 saturated heterocycles. The maximum Gasteiger partial charge on any atom is 0.137 e. The van der Waals surface area contributed by atoms with Crippen molar-refractivity contribution >= 4 is 5.65 Å². The third-order valence-corrected chi connectivity index (χ3v) is 4.34. The van der Waals surface area contributed by atoms with E-state index in [1.165, 1.54) is 5.69 Å². The zero-order valence-corrected chi connectivity index (χ0v) is 12.3. The molecule has 2 unspecified atom stereocenters. The van der Waals surface area contributed by atoms with E-state index in [0.29, 0.717) is 5.92 Å². The van der Waals surface area contributed by atoms with Crippen molar-refractivity contribution in [1.29, 1.82) is 0 Å². The van der Waals surface area contributed by atoms with E-state index in [2.05, 4.69) is 40.5 Å². The van der Waals surface area contributed by atoms with E-state index in [-0.39, 0.29) is 6.10 Å². The summed E-state index contributed by atoms with van der Waals surface area (Å²) in [5, 5.41) is 9.91. The summed E-state index contributed by atoms with van der Waals surface area (Å²) in [6.45, 7) is 3.88. The molecule has 4 nitrogen and oxygen atoms in total. The summed E-state index contributed by atoms with van der Waals surface area (Å²) >= 11 is 0. The molecule has 0 spiro atoms. The highest BCUT2D eigenvalue weighted by molar-refractivity contribution is 5.41. The van der Waals surface area contributed by atoms with Crippen LogP contribution in [-0.4, -0.2) is 39.1 Å². The number of rotatable bonds is 4. The first kappa shape index (κ1) is 13.6. The van der Waals surface area contributed by atoms with Crippen molar-refractivity contribution in [3.05, 3.63) is 35.8 Å². The van der Waals surface area contributed by atoms with Gasteiger partial charge < -0.3 is 14.4 Å². The molecule has 1 aliphatic rings. The van der Waals surface area contributed by atoms with Crippen LogP contribution >= 0.6 is 0 Å². The summed E-state index contributed by atoms with van der Waals surface area (Å²) in [5.74, 6) is 0.429. The maximum atomic E-state index is 9.91. The highest BCUT2D eigenvalue weighted by Crippen LogP contribution is 2.26. The van der Waals surface area contributed by atoms with Crippen LogP contribution in [0.15, 0.2) is 24.4 Å². The summed E-state index contributed by atoms with van der Waals surface area (Å²) in [5.41, 5.74) is 3.30. The number of aliphatic hydroxyl groups is 1. The lowest BCUT2D eigenvalue weighted by atomic mass is 10.1. The molecule has 4 heteroatoms. The van der Waals surface area contributed by atoms with Crippen molar-refractivity contribution < 1.29 is 5.11 Å². The molecule has 1 aliphatic carbocycles. The van der Waals surface area contributed by atoms with Crippen LogP contribution in [-0.2, 0) is 6.54 Å². The number of aryl methyl sites for hydroxylation is 1. The van der Waals surface area contributed by atoms with Gasteiger partial charge in [-0.1, -0.05) is 12.5 Å². The Labute approximate surface area is 120 Å². The number of hydrogen-bond acceptors (Lipinski definition) is 3. The zero-order chi connectivity index (χ0) is 14.1. The van der Waals surface area contributed by atoms with E-state index in [9.17, 15) is 5.11 Å². The molecule has 108 valence electrons. The normalized spacial score (nSPS) is 23.0. The summed E-state index contributed by atoms with van der Waals surface area (Å²) in [6.07, 6.45) is 5.28. The van der Waals surface area contributed by atoms with Gasteiger partial charge in [0.15, 0.2) is 0 Å². The van der Waals surface area contributed by atoms with Crippen molar-refractivity contribution in [2.75, 3.05) is 13.6 Å². The van der Waals surface area contributed by atoms with Gasteiger partial charge in [0.2, 0.25) is 0 Å². The van der Waals surface area contributed by atoms with Crippen LogP contribution in [0, 0.1) is 12.8 Å². The Morgan fingerprint density at radius 1 is 1.40 bits per heavy atom. The Morgan fingerprint density at radius 2 is 2.25 bits per heavy atom. The summed E-state index contributed by atoms with van der Waals surface area (Å²) in [4.78, 5) is 6.94. The molecule has 1 N–H and O–H groups in total. The van der Waals surface area contributed by atoms with Crippen LogP contribution in [0.5, 0.6) is 0 Å². The molecule has 20 heavy (non-hydrogen) atoms. The van der Waals surface area contributed by atoms with E-state index < -0.39 is 0 Å². The predicted octanol–water partition coefficient (Wildman–Crippen LogP) is 2.24. The van der Waals surface area contributed by atoms with Crippen molar-refractivity contribution in [2.45, 2.75) is 38.8 Å². The summed E-state index contributed by atoms with van der Waals surface area (Å²) in [6, 6.07) is 6.17. The van der Waals surface area contributed by atoms with Gasteiger partial charge >= 0.3 is 0 Å². The van der Waals surface area contributed by atoms with E-state index in [1.807, 2.05) is 12.1 Å². The number of fused-ring (bicyclic) bond motifs is 1. The second-order valence-electron chi connectivity index (χ2n) is 6.08. The number of nitrogens with zero attached hydrogens (tertiary/aromatic N) is 3. The highest BCUT2D eigenvalue weighted by atomic mass is 16.3. The van der Waals surface area contributed by atoms with Crippen molar-refractivity contribution in [1.82, 2.24) is 14.3 Å². The molecule has 2 aromatic rings. The van der Waals surface area contributed by atoms with Gasteiger partial charge in [0.1, 0.15) is 5.65 Å². The topological polar surface area (TPSA) is 40.8 Å². The van der Waals surface area contributed by atoms with Crippen molar-refractivity contribution in [3.63, 3.8) is 0 Å². The largest absolute Gasteiger partial charge is 0.393 e. The van der Waals surface area contributed by atoms with Gasteiger partial charge in [-0.25, -0.2) is 4.98 Å². The Morgan fingerprint density at radius 3 is 2.95 bits per heavy atom. The van der Waals surface area contributed by atoms with Gasteiger partial charge in [0.05, 0.1) is 11.8 Å². The lowest BCUT2D eigenvalue weighted by molar-refractivity contribution is 0.107. The van der Waals surface area contributed by atoms with Gasteiger partial charge in [-0.3, -0.25) is 0 Å². The molecule has 1 saturated carbocycles. The Kier molecular flexibility index (Phi) is 3.76. The first-order valence-corrected chi connectivity index (χ1v) is 7.43. The van der Waals surface area contributed by atoms with Crippen LogP contribution < -0.4 is 0 Å². The zero-order valence-electron chi connectivity index (χ0n) is 12.3. The molecular formula is C16H23N3O. The van der Waals surface area contributed by atoms with Crippen LogP contribution in [0.25, 0.3) is 5.65 Å². The number of hydrogen-bond donors (Lipinski definition) is 1. The standard InChI is InChI=1S/C16H23N3O/c1-12-5-3-8-16-17-14(11-19(12)16)10-18(2)9-13-6-4-7-15(13)20/h3,5,8,11,13,15,20H,4,6-7,9-10H2,1-2H3. The summed E-state index contributed by atoms with van der Waals surface area (Å²) in [7, 11) is 2.11. The third-order valence-electron chi connectivity index (χ3n) is 4.34. The minimum Gasteiger partial charge on any atom is -0.393 e. The van der Waals surface area contributed by atoms with E-state index in [0.717, 1.165) is 43.7 Å². The Bertz CT molecular complexity index is 592. The first-order valence-electron chi connectivity index (χ1n) is 7.43. The second-order valence-corrected chi connectivity index (χ2v) is 6.08. The number of imidazole rings is 1. The minimum absolute atomic E-state index is 0.110. The molecule has 3 rings (SSSR count). The number of pyridine rings is 1. The fraction of sp³-hybridized carbons (Fsp3) is 0.562. The van der Waals surface area contributed by atoms with E-state index in [4.69, 9.17) is 0 Å². The van der Waals surface area contributed by atoms with Gasteiger partial charge in [-0.15, -0.1) is 0 Å². The smallest absolute Gasteiger partial charge is 0.137 e. The number of aromatic nitrogens is 2. The summed E-state index contributed by atoms with van der Waals surface area (Å²) < 4.78 is 2.13. The maximum absolute atomic E-state index is 9.91. The van der Waals surface area contributed by atoms with E-state index in [1.54, 1.807) is 0 Å². The molecular weight excluding hydrogens is 250 g/mol. The molecule has 1 fully saturated rings. The fourth-order valence-corrected chi connectivity index (χ4v) is 3.25. The van der Waals surface area contributed by atoms with Crippen LogP contribution in [0.2, 0.25) is 0 Å². The average molecular weight is 273 g/mol. The molecule has 2 atom stereocenters. The van der Waals surface area contributed by atoms with Crippen LogP contribution in [0.4, 0.5) is 0 Å².